The number of nitrogens with two attached hydrogens (primary N) is 1. The standard InChI is InChI=1S/C10H12N2.C2H6/c1-9(11)7-8-12-10-5-3-2-4-6-10;1-2/h2-8H,11H2,1H3;1-2H3/b9-7-,12-8?;. The van der Waals surface area contributed by atoms with E-state index < -0.39 is 0 Å². The van der Waals surface area contributed by atoms with Crippen LogP contribution in [0.3, 0.4) is 0 Å². The number of allylic oxidation sites excluding steroid dienone is 2. The summed E-state index contributed by atoms with van der Waals surface area (Å²) in [5.74, 6) is 0. The van der Waals surface area contributed by atoms with Crippen molar-refractivity contribution < 1.29 is 0 Å². The molecule has 2 nitrogen and oxygen atoms in total. The van der Waals surface area contributed by atoms with Gasteiger partial charge in [-0.15, -0.1) is 0 Å². The van der Waals surface area contributed by atoms with Crippen LogP contribution in [0.1, 0.15) is 20.8 Å². The molecule has 1 aromatic rings. The van der Waals surface area contributed by atoms with E-state index in [-0.39, 0.29) is 0 Å². The Bertz CT molecular complexity index is 282. The monoisotopic (exact) mass is 190 g/mol. The summed E-state index contributed by atoms with van der Waals surface area (Å²) >= 11 is 0. The van der Waals surface area contributed by atoms with Crippen molar-refractivity contribution in [1.82, 2.24) is 0 Å². The van der Waals surface area contributed by atoms with Crippen LogP contribution in [0.4, 0.5) is 5.69 Å². The Hall–Kier alpha value is -1.57. The Morgan fingerprint density at radius 1 is 1.21 bits per heavy atom. The van der Waals surface area contributed by atoms with Gasteiger partial charge in [0.1, 0.15) is 0 Å². The highest BCUT2D eigenvalue weighted by atomic mass is 14.7. The number of benzene rings is 1. The second-order valence-corrected chi connectivity index (χ2v) is 2.52. The fourth-order valence-corrected chi connectivity index (χ4v) is 0.755. The molecule has 0 aliphatic rings. The van der Waals surface area contributed by atoms with Crippen molar-refractivity contribution >= 4 is 11.9 Å². The first-order valence-corrected chi connectivity index (χ1v) is 4.80. The summed E-state index contributed by atoms with van der Waals surface area (Å²) < 4.78 is 0. The minimum absolute atomic E-state index is 0.759. The molecule has 76 valence electrons. The van der Waals surface area contributed by atoms with E-state index in [9.17, 15) is 0 Å². The van der Waals surface area contributed by atoms with Gasteiger partial charge in [-0.1, -0.05) is 32.0 Å². The maximum Gasteiger partial charge on any atom is 0.0629 e. The van der Waals surface area contributed by atoms with Crippen LogP contribution in [0.15, 0.2) is 47.1 Å². The average molecular weight is 190 g/mol. The molecule has 0 bridgehead atoms. The lowest BCUT2D eigenvalue weighted by atomic mass is 10.3. The summed E-state index contributed by atoms with van der Waals surface area (Å²) in [7, 11) is 0. The molecular weight excluding hydrogens is 172 g/mol. The number of para-hydroxylation sites is 1. The lowest BCUT2D eigenvalue weighted by molar-refractivity contribution is 1.33. The van der Waals surface area contributed by atoms with Crippen LogP contribution in [0.2, 0.25) is 0 Å². The Balaban J connectivity index is 0.000000791. The van der Waals surface area contributed by atoms with Crippen molar-refractivity contribution in [3.63, 3.8) is 0 Å². The first-order valence-electron chi connectivity index (χ1n) is 4.80. The van der Waals surface area contributed by atoms with Crippen LogP contribution >= 0.6 is 0 Å². The zero-order valence-electron chi connectivity index (χ0n) is 9.07. The molecular formula is C12H18N2. The van der Waals surface area contributed by atoms with Crippen molar-refractivity contribution in [2.24, 2.45) is 10.7 Å². The summed E-state index contributed by atoms with van der Waals surface area (Å²) in [5, 5.41) is 0. The summed E-state index contributed by atoms with van der Waals surface area (Å²) in [6.07, 6.45) is 3.47. The number of nitrogens with zero attached hydrogens (tertiary/aromatic N) is 1. The second kappa shape index (κ2) is 8.05. The SMILES string of the molecule is C/C(N)=C/C=Nc1ccccc1.CC. The first-order chi connectivity index (χ1) is 6.79. The van der Waals surface area contributed by atoms with Crippen molar-refractivity contribution in [2.45, 2.75) is 20.8 Å². The molecule has 0 fully saturated rings. The van der Waals surface area contributed by atoms with Crippen molar-refractivity contribution in [3.05, 3.63) is 42.1 Å². The number of hydrogen-bond acceptors (Lipinski definition) is 2. The molecule has 0 saturated carbocycles. The van der Waals surface area contributed by atoms with E-state index in [0.717, 1.165) is 11.4 Å². The van der Waals surface area contributed by atoms with Gasteiger partial charge in [0.05, 0.1) is 5.69 Å². The molecule has 0 amide bonds. The van der Waals surface area contributed by atoms with Crippen molar-refractivity contribution in [3.8, 4) is 0 Å². The van der Waals surface area contributed by atoms with E-state index in [4.69, 9.17) is 5.73 Å². The fourth-order valence-electron chi connectivity index (χ4n) is 0.755. The van der Waals surface area contributed by atoms with Crippen LogP contribution < -0.4 is 5.73 Å². The predicted molar refractivity (Wildman–Crippen MR) is 63.9 cm³/mol. The number of aliphatic imine (C=N–C) groups is 1. The van der Waals surface area contributed by atoms with Crippen LogP contribution in [0.5, 0.6) is 0 Å². The maximum atomic E-state index is 5.43. The molecule has 0 aliphatic carbocycles. The van der Waals surface area contributed by atoms with E-state index in [1.807, 2.05) is 51.1 Å². The van der Waals surface area contributed by atoms with E-state index in [1.165, 1.54) is 0 Å². The zero-order valence-corrected chi connectivity index (χ0v) is 9.07. The highest BCUT2D eigenvalue weighted by molar-refractivity contribution is 5.74. The van der Waals surface area contributed by atoms with E-state index in [1.54, 1.807) is 12.3 Å². The first kappa shape index (κ1) is 12.4. The summed E-state index contributed by atoms with van der Waals surface area (Å²) in [6.45, 7) is 5.83. The molecule has 1 rings (SSSR count). The van der Waals surface area contributed by atoms with Crippen LogP contribution in [0.25, 0.3) is 0 Å². The maximum absolute atomic E-state index is 5.43. The van der Waals surface area contributed by atoms with Crippen molar-refractivity contribution in [2.75, 3.05) is 0 Å². The largest absolute Gasteiger partial charge is 0.402 e. The van der Waals surface area contributed by atoms with Gasteiger partial charge in [0.25, 0.3) is 0 Å². The van der Waals surface area contributed by atoms with Gasteiger partial charge in [-0.05, 0) is 25.1 Å². The third-order valence-electron chi connectivity index (χ3n) is 1.32. The molecule has 0 aromatic heterocycles. The molecule has 0 radical (unpaired) electrons. The van der Waals surface area contributed by atoms with Crippen LogP contribution in [-0.2, 0) is 0 Å². The molecule has 2 heteroatoms. The fraction of sp³-hybridized carbons (Fsp3) is 0.250. The summed E-state index contributed by atoms with van der Waals surface area (Å²) in [4.78, 5) is 4.16. The number of rotatable bonds is 2. The third kappa shape index (κ3) is 6.00. The van der Waals surface area contributed by atoms with Gasteiger partial charge in [-0.25, -0.2) is 0 Å². The molecule has 0 heterocycles. The van der Waals surface area contributed by atoms with Gasteiger partial charge in [-0.2, -0.15) is 0 Å². The Morgan fingerprint density at radius 3 is 2.29 bits per heavy atom. The summed E-state index contributed by atoms with van der Waals surface area (Å²) in [6, 6.07) is 9.74. The van der Waals surface area contributed by atoms with Gasteiger partial charge in [0, 0.05) is 11.9 Å². The minimum Gasteiger partial charge on any atom is -0.402 e. The van der Waals surface area contributed by atoms with Gasteiger partial charge >= 0.3 is 0 Å². The number of hydrogen-bond donors (Lipinski definition) is 1. The molecule has 0 atom stereocenters. The topological polar surface area (TPSA) is 38.4 Å². The van der Waals surface area contributed by atoms with Gasteiger partial charge < -0.3 is 5.73 Å². The smallest absolute Gasteiger partial charge is 0.0629 e. The second-order valence-electron chi connectivity index (χ2n) is 2.52. The molecule has 0 saturated heterocycles. The lowest BCUT2D eigenvalue weighted by Crippen LogP contribution is -1.89. The van der Waals surface area contributed by atoms with Gasteiger partial charge in [-0.3, -0.25) is 4.99 Å². The third-order valence-corrected chi connectivity index (χ3v) is 1.32. The van der Waals surface area contributed by atoms with E-state index >= 15 is 0 Å². The van der Waals surface area contributed by atoms with Gasteiger partial charge in [0.15, 0.2) is 0 Å². The van der Waals surface area contributed by atoms with E-state index in [2.05, 4.69) is 4.99 Å². The Morgan fingerprint density at radius 2 is 1.79 bits per heavy atom. The quantitative estimate of drug-likeness (QED) is 0.714. The lowest BCUT2D eigenvalue weighted by Gasteiger charge is -1.88. The molecule has 0 spiro atoms. The predicted octanol–water partition coefficient (Wildman–Crippen LogP) is 3.28. The molecule has 0 aliphatic heterocycles. The zero-order chi connectivity index (χ0) is 10.8. The normalized spacial score (nSPS) is 10.9. The Labute approximate surface area is 86.2 Å². The minimum atomic E-state index is 0.759. The summed E-state index contributed by atoms with van der Waals surface area (Å²) in [5.41, 5.74) is 7.13. The van der Waals surface area contributed by atoms with Crippen LogP contribution in [-0.4, -0.2) is 6.21 Å². The van der Waals surface area contributed by atoms with Gasteiger partial charge in [0.2, 0.25) is 0 Å². The molecule has 1 aromatic carbocycles. The Kier molecular flexibility index (Phi) is 7.15. The highest BCUT2D eigenvalue weighted by Gasteiger charge is 1.80. The molecule has 0 unspecified atom stereocenters. The van der Waals surface area contributed by atoms with Crippen LogP contribution in [0, 0.1) is 0 Å². The molecule has 14 heavy (non-hydrogen) atoms. The highest BCUT2D eigenvalue weighted by Crippen LogP contribution is 2.08. The van der Waals surface area contributed by atoms with E-state index in [0.29, 0.717) is 0 Å². The molecule has 2 N–H and O–H groups in total. The van der Waals surface area contributed by atoms with Crippen molar-refractivity contribution in [1.29, 1.82) is 0 Å². The average Bonchev–Trinajstić information content (AvgIpc) is 2.22.